The molecule has 2 aromatic rings. The van der Waals surface area contributed by atoms with Crippen LogP contribution in [0, 0.1) is 6.92 Å². The monoisotopic (exact) mass is 313 g/mol. The van der Waals surface area contributed by atoms with E-state index in [4.69, 9.17) is 0 Å². The fourth-order valence-electron chi connectivity index (χ4n) is 2.31. The zero-order valence-electron chi connectivity index (χ0n) is 14.8. The Morgan fingerprint density at radius 2 is 1.74 bits per heavy atom. The van der Waals surface area contributed by atoms with Gasteiger partial charge in [-0.1, -0.05) is 13.3 Å². The summed E-state index contributed by atoms with van der Waals surface area (Å²) in [7, 11) is 6.15. The lowest BCUT2D eigenvalue weighted by molar-refractivity contribution is 0.756. The topological polar surface area (TPSA) is 44.3 Å². The summed E-state index contributed by atoms with van der Waals surface area (Å²) < 4.78 is 0. The summed E-state index contributed by atoms with van der Waals surface area (Å²) in [5.74, 6) is 2.56. The van der Waals surface area contributed by atoms with Gasteiger partial charge in [-0.15, -0.1) is 0 Å². The van der Waals surface area contributed by atoms with Gasteiger partial charge >= 0.3 is 0 Å². The van der Waals surface area contributed by atoms with Crippen LogP contribution in [0.25, 0.3) is 0 Å². The summed E-state index contributed by atoms with van der Waals surface area (Å²) >= 11 is 0. The normalized spacial score (nSPS) is 10.5. The Labute approximate surface area is 139 Å². The number of aryl methyl sites for hydroxylation is 1. The Kier molecular flexibility index (Phi) is 5.79. The van der Waals surface area contributed by atoms with Crippen LogP contribution >= 0.6 is 0 Å². The molecule has 1 N–H and O–H groups in total. The first-order chi connectivity index (χ1) is 11.0. The van der Waals surface area contributed by atoms with Gasteiger partial charge in [-0.3, -0.25) is 0 Å². The van der Waals surface area contributed by atoms with Gasteiger partial charge in [0, 0.05) is 45.1 Å². The number of hydrogen-bond donors (Lipinski definition) is 1. The molecule has 0 fully saturated rings. The molecule has 0 radical (unpaired) electrons. The van der Waals surface area contributed by atoms with Crippen molar-refractivity contribution in [1.82, 2.24) is 9.97 Å². The molecule has 0 saturated heterocycles. The van der Waals surface area contributed by atoms with Gasteiger partial charge in [-0.2, -0.15) is 0 Å². The minimum Gasteiger partial charge on any atom is -0.378 e. The van der Waals surface area contributed by atoms with E-state index in [2.05, 4.69) is 63.3 Å². The molecule has 2 rings (SSSR count). The number of rotatable bonds is 7. The summed E-state index contributed by atoms with van der Waals surface area (Å²) in [4.78, 5) is 13.3. The quantitative estimate of drug-likeness (QED) is 0.841. The first kappa shape index (κ1) is 17.1. The number of nitrogens with one attached hydrogen (secondary N) is 1. The van der Waals surface area contributed by atoms with E-state index >= 15 is 0 Å². The maximum atomic E-state index is 4.53. The van der Waals surface area contributed by atoms with E-state index in [1.54, 1.807) is 0 Å². The van der Waals surface area contributed by atoms with E-state index in [-0.39, 0.29) is 0 Å². The van der Waals surface area contributed by atoms with Crippen LogP contribution in [-0.4, -0.2) is 37.7 Å². The lowest BCUT2D eigenvalue weighted by Crippen LogP contribution is -2.20. The third kappa shape index (κ3) is 4.84. The van der Waals surface area contributed by atoms with Crippen molar-refractivity contribution >= 4 is 23.0 Å². The van der Waals surface area contributed by atoms with E-state index in [0.29, 0.717) is 0 Å². The first-order valence-corrected chi connectivity index (χ1v) is 8.11. The largest absolute Gasteiger partial charge is 0.378 e. The van der Waals surface area contributed by atoms with Crippen molar-refractivity contribution in [3.63, 3.8) is 0 Å². The molecule has 0 bridgehead atoms. The van der Waals surface area contributed by atoms with Crippen molar-refractivity contribution < 1.29 is 0 Å². The molecule has 0 aliphatic carbocycles. The highest BCUT2D eigenvalue weighted by molar-refractivity contribution is 5.62. The van der Waals surface area contributed by atoms with Crippen LogP contribution in [0.1, 0.15) is 25.6 Å². The third-order valence-electron chi connectivity index (χ3n) is 3.72. The standard InChI is InChI=1S/C18H27N5/c1-6-7-12-23(5)18-13-17(19-14(2)20-18)21-15-8-10-16(11-9-15)22(3)4/h8-11,13H,6-7,12H2,1-5H3,(H,19,20,21). The third-order valence-corrected chi connectivity index (χ3v) is 3.72. The number of aromatic nitrogens is 2. The van der Waals surface area contributed by atoms with Gasteiger partial charge < -0.3 is 15.1 Å². The minimum atomic E-state index is 0.776. The van der Waals surface area contributed by atoms with E-state index in [0.717, 1.165) is 36.1 Å². The molecule has 0 spiro atoms. The zero-order chi connectivity index (χ0) is 16.8. The first-order valence-electron chi connectivity index (χ1n) is 8.11. The molecular formula is C18H27N5. The summed E-state index contributed by atoms with van der Waals surface area (Å²) in [6, 6.07) is 10.3. The van der Waals surface area contributed by atoms with E-state index in [9.17, 15) is 0 Å². The zero-order valence-corrected chi connectivity index (χ0v) is 14.8. The van der Waals surface area contributed by atoms with Crippen LogP contribution in [0.3, 0.4) is 0 Å². The summed E-state index contributed by atoms with van der Waals surface area (Å²) in [6.45, 7) is 5.13. The van der Waals surface area contributed by atoms with Gasteiger partial charge in [0.05, 0.1) is 0 Å². The fourth-order valence-corrected chi connectivity index (χ4v) is 2.31. The average molecular weight is 313 g/mol. The molecule has 5 nitrogen and oxygen atoms in total. The number of anilines is 4. The summed E-state index contributed by atoms with van der Waals surface area (Å²) in [5.41, 5.74) is 2.20. The molecule has 0 aliphatic rings. The second kappa shape index (κ2) is 7.81. The van der Waals surface area contributed by atoms with E-state index < -0.39 is 0 Å². The van der Waals surface area contributed by atoms with Gasteiger partial charge in [0.15, 0.2) is 0 Å². The van der Waals surface area contributed by atoms with Crippen molar-refractivity contribution in [2.75, 3.05) is 42.8 Å². The van der Waals surface area contributed by atoms with Crippen LogP contribution in [0.4, 0.5) is 23.0 Å². The Morgan fingerprint density at radius 3 is 2.35 bits per heavy atom. The molecule has 1 aromatic carbocycles. The number of benzene rings is 1. The van der Waals surface area contributed by atoms with Crippen molar-refractivity contribution in [1.29, 1.82) is 0 Å². The highest BCUT2D eigenvalue weighted by Crippen LogP contribution is 2.21. The Balaban J connectivity index is 2.14. The minimum absolute atomic E-state index is 0.776. The molecule has 0 aliphatic heterocycles. The van der Waals surface area contributed by atoms with Crippen molar-refractivity contribution in [2.45, 2.75) is 26.7 Å². The van der Waals surface area contributed by atoms with Gasteiger partial charge in [0.2, 0.25) is 0 Å². The van der Waals surface area contributed by atoms with Crippen LogP contribution in [0.2, 0.25) is 0 Å². The maximum absolute atomic E-state index is 4.53. The Morgan fingerprint density at radius 1 is 1.04 bits per heavy atom. The van der Waals surface area contributed by atoms with Crippen molar-refractivity contribution in [3.8, 4) is 0 Å². The van der Waals surface area contributed by atoms with Crippen LogP contribution in [-0.2, 0) is 0 Å². The molecule has 0 saturated carbocycles. The Bertz CT molecular complexity index is 622. The van der Waals surface area contributed by atoms with Crippen molar-refractivity contribution in [2.24, 2.45) is 0 Å². The number of nitrogens with zero attached hydrogens (tertiary/aromatic N) is 4. The second-order valence-electron chi connectivity index (χ2n) is 6.00. The summed E-state index contributed by atoms with van der Waals surface area (Å²) in [6.07, 6.45) is 2.34. The SMILES string of the molecule is CCCCN(C)c1cc(Nc2ccc(N(C)C)cc2)nc(C)n1. The maximum Gasteiger partial charge on any atom is 0.136 e. The van der Waals surface area contributed by atoms with Crippen LogP contribution < -0.4 is 15.1 Å². The highest BCUT2D eigenvalue weighted by Gasteiger charge is 2.07. The smallest absolute Gasteiger partial charge is 0.136 e. The predicted molar refractivity (Wildman–Crippen MR) is 99.0 cm³/mol. The van der Waals surface area contributed by atoms with E-state index in [1.807, 2.05) is 27.1 Å². The molecule has 0 unspecified atom stereocenters. The number of hydrogen-bond acceptors (Lipinski definition) is 5. The van der Waals surface area contributed by atoms with Crippen LogP contribution in [0.5, 0.6) is 0 Å². The van der Waals surface area contributed by atoms with Crippen LogP contribution in [0.15, 0.2) is 30.3 Å². The van der Waals surface area contributed by atoms with Gasteiger partial charge in [0.1, 0.15) is 17.5 Å². The Hall–Kier alpha value is -2.30. The van der Waals surface area contributed by atoms with E-state index in [1.165, 1.54) is 12.1 Å². The lowest BCUT2D eigenvalue weighted by atomic mass is 10.2. The highest BCUT2D eigenvalue weighted by atomic mass is 15.2. The molecule has 1 aromatic heterocycles. The average Bonchev–Trinajstić information content (AvgIpc) is 2.52. The molecule has 5 heteroatoms. The lowest BCUT2D eigenvalue weighted by Gasteiger charge is -2.19. The van der Waals surface area contributed by atoms with Gasteiger partial charge in [0.25, 0.3) is 0 Å². The molecule has 0 atom stereocenters. The molecule has 0 amide bonds. The fraction of sp³-hybridized carbons (Fsp3) is 0.444. The van der Waals surface area contributed by atoms with Gasteiger partial charge in [-0.05, 0) is 37.6 Å². The number of unbranched alkanes of at least 4 members (excludes halogenated alkanes) is 1. The molecule has 1 heterocycles. The molecule has 23 heavy (non-hydrogen) atoms. The van der Waals surface area contributed by atoms with Gasteiger partial charge in [-0.25, -0.2) is 9.97 Å². The predicted octanol–water partition coefficient (Wildman–Crippen LogP) is 3.83. The molecular weight excluding hydrogens is 286 g/mol. The molecule has 124 valence electrons. The second-order valence-corrected chi connectivity index (χ2v) is 6.00. The summed E-state index contributed by atoms with van der Waals surface area (Å²) in [5, 5.41) is 3.37. The van der Waals surface area contributed by atoms with Crippen molar-refractivity contribution in [3.05, 3.63) is 36.2 Å².